The number of para-hydroxylation sites is 2. The van der Waals surface area contributed by atoms with E-state index in [0.29, 0.717) is 23.1 Å². The van der Waals surface area contributed by atoms with E-state index in [0.717, 1.165) is 17.0 Å². The van der Waals surface area contributed by atoms with Gasteiger partial charge in [0.15, 0.2) is 18.1 Å². The summed E-state index contributed by atoms with van der Waals surface area (Å²) in [6.07, 6.45) is 0. The van der Waals surface area contributed by atoms with Crippen molar-refractivity contribution in [2.45, 2.75) is 6.92 Å². The second-order valence-corrected chi connectivity index (χ2v) is 7.03. The first-order chi connectivity index (χ1) is 14.7. The molecular formula is C21H20N4O4S. The third-order valence-electron chi connectivity index (χ3n) is 4.23. The SMILES string of the molecule is CCOc1ccccc1OCC(=O)Nc1nc2scc(-c3ccc(OC)cc3)n2n1. The fraction of sp³-hybridized carbons (Fsp3) is 0.190. The minimum Gasteiger partial charge on any atom is -0.497 e. The standard InChI is InChI=1S/C21H20N4O4S/c1-3-28-17-6-4-5-7-18(17)29-12-19(26)22-20-23-21-25(24-20)16(13-30-21)14-8-10-15(27-2)11-9-14/h4-11,13H,3,12H2,1-2H3,(H,22,24,26). The largest absolute Gasteiger partial charge is 0.497 e. The average Bonchev–Trinajstić information content (AvgIpc) is 3.33. The molecule has 0 aliphatic heterocycles. The lowest BCUT2D eigenvalue weighted by atomic mass is 10.2. The molecular weight excluding hydrogens is 404 g/mol. The summed E-state index contributed by atoms with van der Waals surface area (Å²) in [5.41, 5.74) is 1.85. The maximum Gasteiger partial charge on any atom is 0.264 e. The van der Waals surface area contributed by atoms with Crippen molar-refractivity contribution < 1.29 is 19.0 Å². The molecule has 0 aliphatic carbocycles. The highest BCUT2D eigenvalue weighted by atomic mass is 32.1. The molecule has 1 N–H and O–H groups in total. The van der Waals surface area contributed by atoms with Crippen molar-refractivity contribution in [3.05, 3.63) is 53.9 Å². The van der Waals surface area contributed by atoms with Gasteiger partial charge >= 0.3 is 0 Å². The molecule has 9 heteroatoms. The molecule has 0 atom stereocenters. The third kappa shape index (κ3) is 4.20. The molecule has 0 saturated carbocycles. The van der Waals surface area contributed by atoms with E-state index < -0.39 is 0 Å². The fourth-order valence-corrected chi connectivity index (χ4v) is 3.67. The van der Waals surface area contributed by atoms with Crippen LogP contribution in [0.2, 0.25) is 0 Å². The number of hydrogen-bond acceptors (Lipinski definition) is 7. The Balaban J connectivity index is 1.44. The highest BCUT2D eigenvalue weighted by molar-refractivity contribution is 7.15. The number of rotatable bonds is 8. The Bertz CT molecular complexity index is 1150. The van der Waals surface area contributed by atoms with Crippen LogP contribution in [0.3, 0.4) is 0 Å². The number of methoxy groups -OCH3 is 1. The van der Waals surface area contributed by atoms with Crippen molar-refractivity contribution in [3.63, 3.8) is 0 Å². The summed E-state index contributed by atoms with van der Waals surface area (Å²) in [5, 5.41) is 9.05. The molecule has 4 aromatic rings. The Kier molecular flexibility index (Phi) is 5.80. The normalized spacial score (nSPS) is 10.7. The van der Waals surface area contributed by atoms with E-state index >= 15 is 0 Å². The van der Waals surface area contributed by atoms with Crippen LogP contribution in [0.5, 0.6) is 17.2 Å². The van der Waals surface area contributed by atoms with E-state index in [-0.39, 0.29) is 18.5 Å². The van der Waals surface area contributed by atoms with Gasteiger partial charge in [0.1, 0.15) is 5.75 Å². The Morgan fingerprint density at radius 1 is 1.10 bits per heavy atom. The number of amides is 1. The van der Waals surface area contributed by atoms with Gasteiger partial charge in [-0.3, -0.25) is 10.1 Å². The molecule has 8 nitrogen and oxygen atoms in total. The van der Waals surface area contributed by atoms with Gasteiger partial charge in [-0.2, -0.15) is 4.98 Å². The van der Waals surface area contributed by atoms with Gasteiger partial charge in [0.2, 0.25) is 4.96 Å². The summed E-state index contributed by atoms with van der Waals surface area (Å²) in [6, 6.07) is 14.9. The number of nitrogens with one attached hydrogen (secondary N) is 1. The molecule has 2 aromatic heterocycles. The Morgan fingerprint density at radius 2 is 1.83 bits per heavy atom. The molecule has 2 aromatic carbocycles. The average molecular weight is 424 g/mol. The molecule has 30 heavy (non-hydrogen) atoms. The van der Waals surface area contributed by atoms with Gasteiger partial charge in [0, 0.05) is 10.9 Å². The highest BCUT2D eigenvalue weighted by Crippen LogP contribution is 2.28. The summed E-state index contributed by atoms with van der Waals surface area (Å²) >= 11 is 1.44. The number of nitrogens with zero attached hydrogens (tertiary/aromatic N) is 3. The van der Waals surface area contributed by atoms with Crippen molar-refractivity contribution in [2.75, 3.05) is 25.6 Å². The van der Waals surface area contributed by atoms with Crippen LogP contribution in [0, 0.1) is 0 Å². The minimum atomic E-state index is -0.356. The summed E-state index contributed by atoms with van der Waals surface area (Å²) in [7, 11) is 1.63. The maximum absolute atomic E-state index is 12.3. The second kappa shape index (κ2) is 8.83. The molecule has 4 rings (SSSR count). The smallest absolute Gasteiger partial charge is 0.264 e. The number of thiazole rings is 1. The van der Waals surface area contributed by atoms with E-state index in [2.05, 4.69) is 15.4 Å². The van der Waals surface area contributed by atoms with Gasteiger partial charge in [-0.05, 0) is 43.3 Å². The number of benzene rings is 2. The van der Waals surface area contributed by atoms with E-state index in [9.17, 15) is 4.79 Å². The highest BCUT2D eigenvalue weighted by Gasteiger charge is 2.14. The zero-order valence-electron chi connectivity index (χ0n) is 16.5. The predicted octanol–water partition coefficient (Wildman–Crippen LogP) is 3.88. The van der Waals surface area contributed by atoms with Crippen LogP contribution in [0.15, 0.2) is 53.9 Å². The van der Waals surface area contributed by atoms with Crippen LogP contribution in [-0.4, -0.2) is 40.8 Å². The van der Waals surface area contributed by atoms with E-state index in [1.54, 1.807) is 23.8 Å². The topological polar surface area (TPSA) is 87.0 Å². The van der Waals surface area contributed by atoms with Crippen LogP contribution in [0.25, 0.3) is 16.2 Å². The van der Waals surface area contributed by atoms with Gasteiger partial charge in [0.25, 0.3) is 11.9 Å². The van der Waals surface area contributed by atoms with Crippen molar-refractivity contribution in [3.8, 4) is 28.5 Å². The molecule has 0 radical (unpaired) electrons. The van der Waals surface area contributed by atoms with E-state index in [1.165, 1.54) is 11.3 Å². The maximum atomic E-state index is 12.3. The lowest BCUT2D eigenvalue weighted by Crippen LogP contribution is -2.21. The molecule has 0 fully saturated rings. The molecule has 0 saturated heterocycles. The molecule has 2 heterocycles. The van der Waals surface area contributed by atoms with Gasteiger partial charge < -0.3 is 14.2 Å². The van der Waals surface area contributed by atoms with Crippen molar-refractivity contribution in [2.24, 2.45) is 0 Å². The summed E-state index contributed by atoms with van der Waals surface area (Å²) in [5.74, 6) is 1.75. The van der Waals surface area contributed by atoms with Gasteiger partial charge in [0.05, 0.1) is 19.4 Å². The van der Waals surface area contributed by atoms with Gasteiger partial charge in [-0.25, -0.2) is 4.52 Å². The number of aromatic nitrogens is 3. The zero-order valence-corrected chi connectivity index (χ0v) is 17.3. The monoisotopic (exact) mass is 424 g/mol. The quantitative estimate of drug-likeness (QED) is 0.462. The summed E-state index contributed by atoms with van der Waals surface area (Å²) in [6.45, 7) is 2.22. The Labute approximate surface area is 177 Å². The third-order valence-corrected chi connectivity index (χ3v) is 5.04. The van der Waals surface area contributed by atoms with Crippen molar-refractivity contribution in [1.29, 1.82) is 0 Å². The van der Waals surface area contributed by atoms with Crippen LogP contribution < -0.4 is 19.5 Å². The Morgan fingerprint density at radius 3 is 2.53 bits per heavy atom. The Hall–Kier alpha value is -3.59. The minimum absolute atomic E-state index is 0.178. The number of fused-ring (bicyclic) bond motifs is 1. The molecule has 1 amide bonds. The number of anilines is 1. The molecule has 0 aliphatic rings. The molecule has 0 unspecified atom stereocenters. The lowest BCUT2D eigenvalue weighted by Gasteiger charge is -2.10. The van der Waals surface area contributed by atoms with E-state index in [1.807, 2.05) is 48.7 Å². The first-order valence-electron chi connectivity index (χ1n) is 9.31. The van der Waals surface area contributed by atoms with Crippen LogP contribution in [0.1, 0.15) is 6.92 Å². The van der Waals surface area contributed by atoms with Crippen molar-refractivity contribution in [1.82, 2.24) is 14.6 Å². The number of hydrogen-bond donors (Lipinski definition) is 1. The summed E-state index contributed by atoms with van der Waals surface area (Å²) < 4.78 is 18.0. The number of ether oxygens (including phenoxy) is 3. The fourth-order valence-electron chi connectivity index (χ4n) is 2.84. The van der Waals surface area contributed by atoms with Gasteiger partial charge in [-0.1, -0.05) is 12.1 Å². The first kappa shape index (κ1) is 19.7. The molecule has 0 spiro atoms. The predicted molar refractivity (Wildman–Crippen MR) is 115 cm³/mol. The van der Waals surface area contributed by atoms with Crippen LogP contribution in [-0.2, 0) is 4.79 Å². The molecule has 154 valence electrons. The molecule has 0 bridgehead atoms. The lowest BCUT2D eigenvalue weighted by molar-refractivity contribution is -0.118. The van der Waals surface area contributed by atoms with E-state index in [4.69, 9.17) is 14.2 Å². The number of carbonyl (C=O) groups is 1. The van der Waals surface area contributed by atoms with Crippen LogP contribution >= 0.6 is 11.3 Å². The second-order valence-electron chi connectivity index (χ2n) is 6.20. The summed E-state index contributed by atoms with van der Waals surface area (Å²) in [4.78, 5) is 17.3. The number of carbonyl (C=O) groups excluding carboxylic acids is 1. The van der Waals surface area contributed by atoms with Gasteiger partial charge in [-0.15, -0.1) is 16.4 Å². The first-order valence-corrected chi connectivity index (χ1v) is 10.2. The zero-order chi connectivity index (χ0) is 20.9. The van der Waals surface area contributed by atoms with Crippen LogP contribution in [0.4, 0.5) is 5.95 Å². The van der Waals surface area contributed by atoms with Crippen molar-refractivity contribution >= 4 is 28.2 Å².